The average molecular weight is 526 g/mol. The Labute approximate surface area is 222 Å². The average Bonchev–Trinajstić information content (AvgIpc) is 3.30. The molecule has 3 N–H and O–H groups in total. The number of benzene rings is 3. The van der Waals surface area contributed by atoms with Crippen LogP contribution < -0.4 is 15.5 Å². The van der Waals surface area contributed by atoms with Crippen molar-refractivity contribution >= 4 is 51.7 Å². The predicted octanol–water partition coefficient (Wildman–Crippen LogP) is 4.57. The third kappa shape index (κ3) is 5.30. The number of carboxylic acids is 1. The SMILES string of the molecule is CC(=O)Nc1ccc(-c2cc3onc(C(=O)Nc4ccc(C#N)cc4C(=O)O)c3cc2N(C)C(C)=O)c(C)c1. The minimum atomic E-state index is -1.32. The standard InChI is InChI=1S/C28H23N5O6/c1-14-9-18(30-15(2)34)6-7-19(14)20-12-25-22(11-24(20)33(4)16(3)35)26(32-39-25)27(36)31-23-8-5-17(13-29)10-21(23)28(37)38/h5-12H,1-4H3,(H,30,34)(H,31,36)(H,37,38). The molecule has 39 heavy (non-hydrogen) atoms. The van der Waals surface area contributed by atoms with Gasteiger partial charge in [0.15, 0.2) is 11.3 Å². The predicted molar refractivity (Wildman–Crippen MR) is 144 cm³/mol. The molecule has 0 spiro atoms. The minimum Gasteiger partial charge on any atom is -0.478 e. The third-order valence-electron chi connectivity index (χ3n) is 6.10. The van der Waals surface area contributed by atoms with Gasteiger partial charge in [-0.1, -0.05) is 11.2 Å². The van der Waals surface area contributed by atoms with Gasteiger partial charge in [-0.3, -0.25) is 14.4 Å². The fraction of sp³-hybridized carbons (Fsp3) is 0.143. The highest BCUT2D eigenvalue weighted by Crippen LogP contribution is 2.38. The van der Waals surface area contributed by atoms with E-state index in [9.17, 15) is 24.3 Å². The first-order valence-corrected chi connectivity index (χ1v) is 11.6. The number of nitrogens with zero attached hydrogens (tertiary/aromatic N) is 3. The molecule has 0 bridgehead atoms. The van der Waals surface area contributed by atoms with Gasteiger partial charge < -0.3 is 25.2 Å². The summed E-state index contributed by atoms with van der Waals surface area (Å²) in [4.78, 5) is 50.1. The summed E-state index contributed by atoms with van der Waals surface area (Å²) in [6.45, 7) is 4.68. The van der Waals surface area contributed by atoms with E-state index in [4.69, 9.17) is 9.78 Å². The second-order valence-electron chi connectivity index (χ2n) is 8.82. The van der Waals surface area contributed by atoms with E-state index >= 15 is 0 Å². The van der Waals surface area contributed by atoms with Crippen molar-refractivity contribution in [1.82, 2.24) is 5.16 Å². The van der Waals surface area contributed by atoms with E-state index in [1.54, 1.807) is 31.3 Å². The molecular weight excluding hydrogens is 502 g/mol. The fourth-order valence-corrected chi connectivity index (χ4v) is 4.13. The molecule has 196 valence electrons. The summed E-state index contributed by atoms with van der Waals surface area (Å²) < 4.78 is 5.47. The van der Waals surface area contributed by atoms with E-state index < -0.39 is 11.9 Å². The zero-order chi connectivity index (χ0) is 28.4. The zero-order valence-corrected chi connectivity index (χ0v) is 21.4. The lowest BCUT2D eigenvalue weighted by Gasteiger charge is -2.21. The number of anilines is 3. The molecule has 0 unspecified atom stereocenters. The normalized spacial score (nSPS) is 10.5. The van der Waals surface area contributed by atoms with Crippen LogP contribution in [0.25, 0.3) is 22.1 Å². The lowest BCUT2D eigenvalue weighted by molar-refractivity contribution is -0.116. The van der Waals surface area contributed by atoms with Crippen molar-refractivity contribution in [3.05, 3.63) is 70.9 Å². The number of rotatable bonds is 6. The quantitative estimate of drug-likeness (QED) is 0.329. The van der Waals surface area contributed by atoms with Crippen molar-refractivity contribution in [3.63, 3.8) is 0 Å². The summed E-state index contributed by atoms with van der Waals surface area (Å²) in [6, 6.07) is 14.3. The van der Waals surface area contributed by atoms with Crippen molar-refractivity contribution in [3.8, 4) is 17.2 Å². The number of hydrogen-bond donors (Lipinski definition) is 3. The van der Waals surface area contributed by atoms with Crippen LogP contribution in [-0.2, 0) is 9.59 Å². The lowest BCUT2D eigenvalue weighted by atomic mass is 9.96. The number of carbonyl (C=O) groups excluding carboxylic acids is 3. The Bertz CT molecular complexity index is 1720. The van der Waals surface area contributed by atoms with E-state index in [1.807, 2.05) is 19.1 Å². The molecule has 0 atom stereocenters. The number of amides is 3. The molecule has 4 rings (SSSR count). The lowest BCUT2D eigenvalue weighted by Crippen LogP contribution is -2.23. The Kier molecular flexibility index (Phi) is 7.13. The molecule has 0 aliphatic carbocycles. The molecule has 11 nitrogen and oxygen atoms in total. The maximum atomic E-state index is 13.2. The first-order valence-electron chi connectivity index (χ1n) is 11.6. The molecule has 0 radical (unpaired) electrons. The molecular formula is C28H23N5O6. The molecule has 11 heteroatoms. The summed E-state index contributed by atoms with van der Waals surface area (Å²) in [6.07, 6.45) is 0. The number of nitrogens with one attached hydrogen (secondary N) is 2. The van der Waals surface area contributed by atoms with Gasteiger partial charge in [0.1, 0.15) is 0 Å². The molecule has 3 aromatic carbocycles. The highest BCUT2D eigenvalue weighted by atomic mass is 16.5. The molecule has 1 aromatic heterocycles. The summed E-state index contributed by atoms with van der Waals surface area (Å²) >= 11 is 0. The Morgan fingerprint density at radius 3 is 2.36 bits per heavy atom. The van der Waals surface area contributed by atoms with Crippen LogP contribution >= 0.6 is 0 Å². The second kappa shape index (κ2) is 10.5. The van der Waals surface area contributed by atoms with Crippen LogP contribution in [0.15, 0.2) is 53.1 Å². The van der Waals surface area contributed by atoms with Gasteiger partial charge in [0.25, 0.3) is 5.91 Å². The molecule has 0 aliphatic rings. The number of carbonyl (C=O) groups is 4. The van der Waals surface area contributed by atoms with Gasteiger partial charge >= 0.3 is 5.97 Å². The van der Waals surface area contributed by atoms with Crippen LogP contribution in [0.3, 0.4) is 0 Å². The smallest absolute Gasteiger partial charge is 0.337 e. The van der Waals surface area contributed by atoms with Crippen LogP contribution in [0.1, 0.15) is 45.8 Å². The number of hydrogen-bond acceptors (Lipinski definition) is 7. The summed E-state index contributed by atoms with van der Waals surface area (Å²) in [7, 11) is 1.59. The fourth-order valence-electron chi connectivity index (χ4n) is 4.13. The highest BCUT2D eigenvalue weighted by Gasteiger charge is 2.23. The maximum absolute atomic E-state index is 13.2. The number of nitriles is 1. The van der Waals surface area contributed by atoms with E-state index in [0.29, 0.717) is 22.3 Å². The Morgan fingerprint density at radius 2 is 1.74 bits per heavy atom. The van der Waals surface area contributed by atoms with Crippen molar-refractivity contribution in [2.24, 2.45) is 0 Å². The van der Waals surface area contributed by atoms with Crippen LogP contribution in [-0.4, -0.2) is 41.0 Å². The van der Waals surface area contributed by atoms with Crippen LogP contribution in [0.4, 0.5) is 17.1 Å². The van der Waals surface area contributed by atoms with E-state index in [1.165, 1.54) is 30.9 Å². The van der Waals surface area contributed by atoms with Gasteiger partial charge in [-0.25, -0.2) is 4.79 Å². The molecule has 3 amide bonds. The van der Waals surface area contributed by atoms with E-state index in [2.05, 4.69) is 15.8 Å². The van der Waals surface area contributed by atoms with Gasteiger partial charge in [-0.2, -0.15) is 5.26 Å². The molecule has 0 saturated heterocycles. The number of aryl methyl sites for hydroxylation is 1. The number of aromatic nitrogens is 1. The van der Waals surface area contributed by atoms with Crippen LogP contribution in [0.5, 0.6) is 0 Å². The first kappa shape index (κ1) is 26.6. The van der Waals surface area contributed by atoms with Gasteiger partial charge in [0.2, 0.25) is 11.8 Å². The molecule has 4 aromatic rings. The maximum Gasteiger partial charge on any atom is 0.337 e. The molecule has 1 heterocycles. The Balaban J connectivity index is 1.81. The van der Waals surface area contributed by atoms with Crippen molar-refractivity contribution in [1.29, 1.82) is 5.26 Å². The summed E-state index contributed by atoms with van der Waals surface area (Å²) in [5.74, 6) is -2.51. The first-order chi connectivity index (χ1) is 18.5. The summed E-state index contributed by atoms with van der Waals surface area (Å²) in [5.41, 5.74) is 3.31. The van der Waals surface area contributed by atoms with Gasteiger partial charge in [0.05, 0.1) is 34.0 Å². The van der Waals surface area contributed by atoms with Crippen molar-refractivity contribution < 1.29 is 28.8 Å². The number of carboxylic acid groups (broad SMARTS) is 1. The van der Waals surface area contributed by atoms with E-state index in [0.717, 1.165) is 17.2 Å². The van der Waals surface area contributed by atoms with Gasteiger partial charge in [0, 0.05) is 32.1 Å². The highest BCUT2D eigenvalue weighted by molar-refractivity contribution is 6.14. The van der Waals surface area contributed by atoms with Gasteiger partial charge in [-0.15, -0.1) is 0 Å². The largest absolute Gasteiger partial charge is 0.478 e. The topological polar surface area (TPSA) is 166 Å². The molecule has 0 aliphatic heterocycles. The van der Waals surface area contributed by atoms with Crippen LogP contribution in [0.2, 0.25) is 0 Å². The molecule has 0 fully saturated rings. The summed E-state index contributed by atoms with van der Waals surface area (Å²) in [5, 5.41) is 28.1. The van der Waals surface area contributed by atoms with Gasteiger partial charge in [-0.05, 0) is 60.5 Å². The van der Waals surface area contributed by atoms with Crippen molar-refractivity contribution in [2.75, 3.05) is 22.6 Å². The molecule has 0 saturated carbocycles. The zero-order valence-electron chi connectivity index (χ0n) is 21.4. The van der Waals surface area contributed by atoms with Crippen LogP contribution in [0, 0.1) is 18.3 Å². The third-order valence-corrected chi connectivity index (χ3v) is 6.10. The monoisotopic (exact) mass is 525 g/mol. The number of fused-ring (bicyclic) bond motifs is 1. The minimum absolute atomic E-state index is 0.0183. The van der Waals surface area contributed by atoms with Crippen molar-refractivity contribution in [2.45, 2.75) is 20.8 Å². The Morgan fingerprint density at radius 1 is 1.00 bits per heavy atom. The Hall–Kier alpha value is -5.50. The number of aromatic carboxylic acids is 1. The second-order valence-corrected chi connectivity index (χ2v) is 8.82. The van der Waals surface area contributed by atoms with E-state index in [-0.39, 0.29) is 39.9 Å².